The molecule has 3 heterocycles. The number of hydrogen-bond acceptors (Lipinski definition) is 3. The minimum atomic E-state index is -4.70. The second-order valence-corrected chi connectivity index (χ2v) is 4.42. The highest BCUT2D eigenvalue weighted by Gasteiger charge is 2.40. The van der Waals surface area contributed by atoms with Gasteiger partial charge in [-0.05, 0) is 19.1 Å². The van der Waals surface area contributed by atoms with Crippen LogP contribution >= 0.6 is 0 Å². The molecule has 3 aromatic heterocycles. The van der Waals surface area contributed by atoms with Crippen molar-refractivity contribution in [3.05, 3.63) is 48.0 Å². The highest BCUT2D eigenvalue weighted by Crippen LogP contribution is 2.33. The van der Waals surface area contributed by atoms with Crippen LogP contribution in [0.5, 0.6) is 0 Å². The summed E-state index contributed by atoms with van der Waals surface area (Å²) in [5.41, 5.74) is -1.07. The summed E-state index contributed by atoms with van der Waals surface area (Å²) in [5.74, 6) is -0.576. The molecule has 21 heavy (non-hydrogen) atoms. The summed E-state index contributed by atoms with van der Waals surface area (Å²) in [6.45, 7) is 1.07. The van der Waals surface area contributed by atoms with Crippen molar-refractivity contribution in [3.63, 3.8) is 0 Å². The average Bonchev–Trinajstić information content (AvgIpc) is 3.01. The first-order chi connectivity index (χ1) is 9.89. The Morgan fingerprint density at radius 1 is 1.24 bits per heavy atom. The van der Waals surface area contributed by atoms with Gasteiger partial charge in [0.1, 0.15) is 5.65 Å². The topological polar surface area (TPSA) is 52.2 Å². The van der Waals surface area contributed by atoms with Crippen LogP contribution in [0.4, 0.5) is 13.2 Å². The Morgan fingerprint density at radius 3 is 2.67 bits per heavy atom. The van der Waals surface area contributed by atoms with Crippen LogP contribution in [0.3, 0.4) is 0 Å². The summed E-state index contributed by atoms with van der Waals surface area (Å²) in [6, 6.07) is 5.05. The molecular weight excluding hydrogens is 285 g/mol. The molecule has 0 fully saturated rings. The number of carbonyl (C=O) groups excluding carboxylic acids is 1. The van der Waals surface area contributed by atoms with Crippen LogP contribution in [0.25, 0.3) is 11.5 Å². The summed E-state index contributed by atoms with van der Waals surface area (Å²) < 4.78 is 41.9. The third kappa shape index (κ3) is 2.08. The van der Waals surface area contributed by atoms with Crippen molar-refractivity contribution in [1.29, 1.82) is 0 Å². The van der Waals surface area contributed by atoms with Gasteiger partial charge in [0.15, 0.2) is 17.3 Å². The number of aromatic nitrogens is 4. The minimum absolute atomic E-state index is 0.116. The van der Waals surface area contributed by atoms with Crippen LogP contribution in [-0.4, -0.2) is 24.9 Å². The van der Waals surface area contributed by atoms with Gasteiger partial charge in [-0.25, -0.2) is 9.67 Å². The van der Waals surface area contributed by atoms with E-state index in [0.29, 0.717) is 10.3 Å². The van der Waals surface area contributed by atoms with E-state index in [1.54, 1.807) is 24.4 Å². The summed E-state index contributed by atoms with van der Waals surface area (Å²) in [4.78, 5) is 15.4. The predicted molar refractivity (Wildman–Crippen MR) is 67.3 cm³/mol. The highest BCUT2D eigenvalue weighted by molar-refractivity contribution is 5.95. The van der Waals surface area contributed by atoms with Gasteiger partial charge in [0.25, 0.3) is 0 Å². The second kappa shape index (κ2) is 4.44. The molecule has 0 saturated carbocycles. The van der Waals surface area contributed by atoms with Crippen LogP contribution in [0.1, 0.15) is 23.0 Å². The molecule has 0 aromatic carbocycles. The number of halogens is 3. The Kier molecular flexibility index (Phi) is 2.82. The number of fused-ring (bicyclic) bond motifs is 1. The Bertz CT molecular complexity index is 831. The molecule has 0 bridgehead atoms. The molecule has 0 unspecified atom stereocenters. The van der Waals surface area contributed by atoms with Crippen molar-refractivity contribution >= 4 is 11.4 Å². The summed E-state index contributed by atoms with van der Waals surface area (Å²) in [6.07, 6.45) is -0.918. The van der Waals surface area contributed by atoms with Crippen LogP contribution in [0, 0.1) is 0 Å². The van der Waals surface area contributed by atoms with E-state index < -0.39 is 23.2 Å². The maximum absolute atomic E-state index is 13.3. The molecule has 8 heteroatoms. The SMILES string of the molecule is CC(=O)c1cnn(-c2cnc3ccccn23)c1C(F)(F)F. The number of Topliss-reactive ketones (excluding diaryl/α,β-unsaturated/α-hetero) is 1. The normalized spacial score (nSPS) is 12.0. The van der Waals surface area contributed by atoms with E-state index in [2.05, 4.69) is 10.1 Å². The number of pyridine rings is 1. The lowest BCUT2D eigenvalue weighted by Gasteiger charge is -2.11. The first-order valence-electron chi connectivity index (χ1n) is 5.98. The molecule has 0 saturated heterocycles. The Hall–Kier alpha value is -2.64. The summed E-state index contributed by atoms with van der Waals surface area (Å²) in [5, 5.41) is 3.71. The minimum Gasteiger partial charge on any atom is -0.294 e. The molecule has 0 amide bonds. The predicted octanol–water partition coefficient (Wildman–Crippen LogP) is 2.74. The van der Waals surface area contributed by atoms with Gasteiger partial charge >= 0.3 is 6.18 Å². The molecule has 0 radical (unpaired) electrons. The lowest BCUT2D eigenvalue weighted by molar-refractivity contribution is -0.143. The maximum Gasteiger partial charge on any atom is 0.434 e. The number of ketones is 1. The highest BCUT2D eigenvalue weighted by atomic mass is 19.4. The van der Waals surface area contributed by atoms with Gasteiger partial charge in [-0.2, -0.15) is 18.3 Å². The van der Waals surface area contributed by atoms with Crippen molar-refractivity contribution in [1.82, 2.24) is 19.2 Å². The summed E-state index contributed by atoms with van der Waals surface area (Å²) >= 11 is 0. The molecule has 0 aliphatic rings. The number of alkyl halides is 3. The van der Waals surface area contributed by atoms with Gasteiger partial charge in [-0.3, -0.25) is 9.20 Å². The molecule has 0 spiro atoms. The fourth-order valence-corrected chi connectivity index (χ4v) is 2.13. The molecule has 0 atom stereocenters. The van der Waals surface area contributed by atoms with Crippen LogP contribution in [0.15, 0.2) is 36.8 Å². The monoisotopic (exact) mass is 294 g/mol. The van der Waals surface area contributed by atoms with Crippen molar-refractivity contribution in [2.45, 2.75) is 13.1 Å². The van der Waals surface area contributed by atoms with Gasteiger partial charge in [0.2, 0.25) is 0 Å². The second-order valence-electron chi connectivity index (χ2n) is 4.42. The maximum atomic E-state index is 13.3. The lowest BCUT2D eigenvalue weighted by atomic mass is 10.2. The van der Waals surface area contributed by atoms with Gasteiger partial charge in [0.05, 0.1) is 18.0 Å². The van der Waals surface area contributed by atoms with Gasteiger partial charge in [0, 0.05) is 6.20 Å². The van der Waals surface area contributed by atoms with E-state index >= 15 is 0 Å². The quantitative estimate of drug-likeness (QED) is 0.683. The fraction of sp³-hybridized carbons (Fsp3) is 0.154. The summed E-state index contributed by atoms with van der Waals surface area (Å²) in [7, 11) is 0. The third-order valence-electron chi connectivity index (χ3n) is 3.03. The van der Waals surface area contributed by atoms with Crippen molar-refractivity contribution in [2.75, 3.05) is 0 Å². The van der Waals surface area contributed by atoms with E-state index in [1.165, 1.54) is 10.6 Å². The van der Waals surface area contributed by atoms with Crippen LogP contribution in [-0.2, 0) is 6.18 Å². The van der Waals surface area contributed by atoms with Crippen molar-refractivity contribution < 1.29 is 18.0 Å². The molecule has 0 aliphatic carbocycles. The zero-order valence-electron chi connectivity index (χ0n) is 10.8. The molecular formula is C13H9F3N4O. The van der Waals surface area contributed by atoms with E-state index in [-0.39, 0.29) is 5.82 Å². The zero-order valence-corrected chi connectivity index (χ0v) is 10.8. The number of hydrogen-bond donors (Lipinski definition) is 0. The van der Waals surface area contributed by atoms with E-state index in [1.807, 2.05) is 0 Å². The standard InChI is InChI=1S/C13H9F3N4O/c1-8(21)9-6-18-20(12(9)13(14,15)16)11-7-17-10-4-2-3-5-19(10)11/h2-7H,1H3. The first-order valence-corrected chi connectivity index (χ1v) is 5.98. The number of carbonyl (C=O) groups is 1. The number of imidazole rings is 1. The van der Waals surface area contributed by atoms with Gasteiger partial charge in [-0.15, -0.1) is 0 Å². The third-order valence-corrected chi connectivity index (χ3v) is 3.03. The average molecular weight is 294 g/mol. The molecule has 3 aromatic rings. The van der Waals surface area contributed by atoms with Gasteiger partial charge in [-0.1, -0.05) is 6.07 Å². The van der Waals surface area contributed by atoms with E-state index in [4.69, 9.17) is 0 Å². The zero-order chi connectivity index (χ0) is 15.2. The number of nitrogens with zero attached hydrogens (tertiary/aromatic N) is 4. The lowest BCUT2D eigenvalue weighted by Crippen LogP contribution is -2.17. The molecule has 0 N–H and O–H groups in total. The fourth-order valence-electron chi connectivity index (χ4n) is 2.13. The van der Waals surface area contributed by atoms with Crippen LogP contribution < -0.4 is 0 Å². The van der Waals surface area contributed by atoms with Crippen molar-refractivity contribution in [2.24, 2.45) is 0 Å². The smallest absolute Gasteiger partial charge is 0.294 e. The van der Waals surface area contributed by atoms with Crippen LogP contribution in [0.2, 0.25) is 0 Å². The molecule has 3 rings (SSSR count). The first kappa shape index (κ1) is 13.3. The Labute approximate surface area is 116 Å². The molecule has 108 valence electrons. The van der Waals surface area contributed by atoms with Crippen molar-refractivity contribution in [3.8, 4) is 5.82 Å². The Morgan fingerprint density at radius 2 is 2.00 bits per heavy atom. The van der Waals surface area contributed by atoms with E-state index in [0.717, 1.165) is 13.1 Å². The molecule has 5 nitrogen and oxygen atoms in total. The van der Waals surface area contributed by atoms with E-state index in [9.17, 15) is 18.0 Å². The largest absolute Gasteiger partial charge is 0.434 e. The number of rotatable bonds is 2. The van der Waals surface area contributed by atoms with Gasteiger partial charge < -0.3 is 0 Å². The Balaban J connectivity index is 2.31. The molecule has 0 aliphatic heterocycles.